The van der Waals surface area contributed by atoms with Crippen molar-refractivity contribution in [2.45, 2.75) is 0 Å². The van der Waals surface area contributed by atoms with Gasteiger partial charge in [0.2, 0.25) is 0 Å². The van der Waals surface area contributed by atoms with Gasteiger partial charge in [-0.25, -0.2) is 9.97 Å². The molecular formula is C36H24N8O4Zn. The number of rotatable bonds is 4. The summed E-state index contributed by atoms with van der Waals surface area (Å²) >= 11 is 0. The summed E-state index contributed by atoms with van der Waals surface area (Å²) in [6, 6.07) is 22.7. The predicted molar refractivity (Wildman–Crippen MR) is 180 cm³/mol. The van der Waals surface area contributed by atoms with Crippen molar-refractivity contribution in [3.05, 3.63) is 72.8 Å². The first-order valence-electron chi connectivity index (χ1n) is 15.0. The van der Waals surface area contributed by atoms with Crippen LogP contribution in [0.5, 0.6) is 23.0 Å². The summed E-state index contributed by atoms with van der Waals surface area (Å²) in [7, 11) is 6.45. The van der Waals surface area contributed by atoms with Crippen molar-refractivity contribution in [3.63, 3.8) is 0 Å². The van der Waals surface area contributed by atoms with Gasteiger partial charge in [-0.15, -0.1) is 0 Å². The quantitative estimate of drug-likeness (QED) is 0.194. The van der Waals surface area contributed by atoms with Gasteiger partial charge in [0, 0.05) is 44.5 Å². The molecule has 0 N–H and O–H groups in total. The van der Waals surface area contributed by atoms with E-state index >= 15 is 0 Å². The second-order valence-corrected chi connectivity index (χ2v) is 11.0. The maximum absolute atomic E-state index is 5.78. The van der Waals surface area contributed by atoms with Crippen LogP contribution in [0.4, 0.5) is 0 Å². The fourth-order valence-corrected chi connectivity index (χ4v) is 6.40. The second-order valence-electron chi connectivity index (χ2n) is 11.0. The van der Waals surface area contributed by atoms with Gasteiger partial charge >= 0.3 is 19.5 Å². The van der Waals surface area contributed by atoms with E-state index in [4.69, 9.17) is 58.8 Å². The van der Waals surface area contributed by atoms with Gasteiger partial charge in [0.15, 0.2) is 0 Å². The Morgan fingerprint density at radius 1 is 0.408 bits per heavy atom. The SMILES string of the molecule is COc1cccc2c1-c1nc-2nc2[n-]c(nc3nc(nc4[n-]c(n1)c1cccc(OC)c41)-c1cccc(OC)c1-3)c1cccc(OC)c21.[Zn+2]. The van der Waals surface area contributed by atoms with E-state index in [9.17, 15) is 0 Å². The summed E-state index contributed by atoms with van der Waals surface area (Å²) in [5, 5.41) is 2.85. The number of hydrogen-bond acceptors (Lipinski definition) is 10. The number of hydrogen-bond donors (Lipinski definition) is 0. The third kappa shape index (κ3) is 4.53. The minimum absolute atomic E-state index is 0. The maximum atomic E-state index is 5.78. The van der Waals surface area contributed by atoms with E-state index in [1.54, 1.807) is 28.4 Å². The van der Waals surface area contributed by atoms with Crippen LogP contribution in [-0.4, -0.2) is 58.3 Å². The molecule has 3 aromatic heterocycles. The Morgan fingerprint density at radius 2 is 0.776 bits per heavy atom. The second kappa shape index (κ2) is 11.6. The van der Waals surface area contributed by atoms with Gasteiger partial charge in [-0.1, -0.05) is 48.5 Å². The monoisotopic (exact) mass is 696 g/mol. The molecule has 4 aromatic carbocycles. The molecule has 0 radical (unpaired) electrons. The molecule has 0 aliphatic carbocycles. The minimum atomic E-state index is 0. The fraction of sp³-hybridized carbons (Fsp3) is 0.111. The van der Waals surface area contributed by atoms with Crippen molar-refractivity contribution in [1.82, 2.24) is 39.9 Å². The standard InChI is InChI=1S/C36H24N8O4.Zn/c1-45-21-13-5-9-17-25(21)33-37-29(17)42-34-27-19(11-7-15-23(27)47-3)31(39-34)44-36-28-20(12-8-16-24(28)48-4)32(40-36)43-35-26-18(30(38-35)41-33)10-6-14-22(26)46-2;/h5-16H,1-4H3;/q-2;+2. The molecule has 0 fully saturated rings. The normalized spacial score (nSPS) is 11.5. The molecule has 8 bridgehead atoms. The van der Waals surface area contributed by atoms with E-state index < -0.39 is 0 Å². The van der Waals surface area contributed by atoms with Crippen LogP contribution >= 0.6 is 0 Å². The van der Waals surface area contributed by atoms with Crippen molar-refractivity contribution >= 4 is 44.1 Å². The number of nitrogens with zero attached hydrogens (tertiary/aromatic N) is 8. The number of ether oxygens (including phenoxy) is 4. The minimum Gasteiger partial charge on any atom is -0.496 e. The molecule has 13 heteroatoms. The zero-order valence-corrected chi connectivity index (χ0v) is 29.8. The molecule has 0 saturated carbocycles. The van der Waals surface area contributed by atoms with Crippen LogP contribution in [0.25, 0.3) is 89.7 Å². The molecule has 0 amide bonds. The van der Waals surface area contributed by atoms with Gasteiger partial charge in [-0.05, 0) is 35.0 Å². The van der Waals surface area contributed by atoms with Gasteiger partial charge in [0.05, 0.1) is 62.9 Å². The van der Waals surface area contributed by atoms with Crippen LogP contribution in [0.1, 0.15) is 0 Å². The summed E-state index contributed by atoms with van der Waals surface area (Å²) in [6.45, 7) is 0. The number of benzene rings is 4. The molecule has 2 aliphatic rings. The summed E-state index contributed by atoms with van der Waals surface area (Å²) in [5.74, 6) is 3.98. The first kappa shape index (κ1) is 30.4. The Bertz CT molecular complexity index is 2470. The Morgan fingerprint density at radius 3 is 1.18 bits per heavy atom. The topological polar surface area (TPSA) is 142 Å². The largest absolute Gasteiger partial charge is 2.00 e. The molecule has 2 aliphatic heterocycles. The number of aromatic nitrogens is 8. The summed E-state index contributed by atoms with van der Waals surface area (Å²) < 4.78 is 23.1. The van der Waals surface area contributed by atoms with Crippen LogP contribution < -0.4 is 28.9 Å². The third-order valence-corrected chi connectivity index (χ3v) is 8.54. The number of methoxy groups -OCH3 is 4. The van der Waals surface area contributed by atoms with Gasteiger partial charge in [0.1, 0.15) is 23.0 Å². The molecule has 12 nitrogen and oxygen atoms in total. The molecule has 0 saturated heterocycles. The van der Waals surface area contributed by atoms with Crippen molar-refractivity contribution in [1.29, 1.82) is 0 Å². The molecule has 7 aromatic rings. The van der Waals surface area contributed by atoms with E-state index in [-0.39, 0.29) is 19.5 Å². The molecule has 5 heterocycles. The zero-order valence-electron chi connectivity index (χ0n) is 26.8. The molecular weight excluding hydrogens is 674 g/mol. The molecule has 9 rings (SSSR count). The average Bonchev–Trinajstić information content (AvgIpc) is 3.86. The van der Waals surface area contributed by atoms with Crippen molar-refractivity contribution in [2.75, 3.05) is 28.4 Å². The molecule has 234 valence electrons. The van der Waals surface area contributed by atoms with Crippen LogP contribution in [-0.2, 0) is 19.5 Å². The average molecular weight is 698 g/mol. The van der Waals surface area contributed by atoms with Gasteiger partial charge < -0.3 is 48.9 Å². The van der Waals surface area contributed by atoms with E-state index in [1.807, 2.05) is 72.8 Å². The van der Waals surface area contributed by atoms with Crippen LogP contribution in [0.15, 0.2) is 72.8 Å². The van der Waals surface area contributed by atoms with Crippen molar-refractivity contribution in [3.8, 4) is 68.5 Å². The zero-order chi connectivity index (χ0) is 32.5. The smallest absolute Gasteiger partial charge is 0.496 e. The molecule has 0 unspecified atom stereocenters. The number of fused-ring (bicyclic) bond motifs is 20. The van der Waals surface area contributed by atoms with Gasteiger partial charge in [-0.3, -0.25) is 0 Å². The van der Waals surface area contributed by atoms with E-state index in [0.717, 1.165) is 21.9 Å². The predicted octanol–water partition coefficient (Wildman–Crippen LogP) is 6.16. The van der Waals surface area contributed by atoms with E-state index in [0.29, 0.717) is 90.8 Å². The first-order valence-corrected chi connectivity index (χ1v) is 15.0. The Kier molecular flexibility index (Phi) is 7.22. The summed E-state index contributed by atoms with van der Waals surface area (Å²) in [5.41, 5.74) is 4.44. The molecule has 49 heavy (non-hydrogen) atoms. The first-order chi connectivity index (χ1) is 23.6. The van der Waals surface area contributed by atoms with Crippen LogP contribution in [0.2, 0.25) is 0 Å². The van der Waals surface area contributed by atoms with E-state index in [1.165, 1.54) is 0 Å². The van der Waals surface area contributed by atoms with E-state index in [2.05, 4.69) is 0 Å². The Hall–Kier alpha value is -5.94. The summed E-state index contributed by atoms with van der Waals surface area (Å²) in [4.78, 5) is 39.8. The Balaban J connectivity index is 0.00000348. The van der Waals surface area contributed by atoms with Crippen LogP contribution in [0, 0.1) is 0 Å². The molecule has 0 spiro atoms. The van der Waals surface area contributed by atoms with Crippen molar-refractivity contribution in [2.24, 2.45) is 0 Å². The van der Waals surface area contributed by atoms with Gasteiger partial charge in [-0.2, -0.15) is 0 Å². The Labute approximate surface area is 291 Å². The van der Waals surface area contributed by atoms with Crippen LogP contribution in [0.3, 0.4) is 0 Å². The van der Waals surface area contributed by atoms with Gasteiger partial charge in [0.25, 0.3) is 0 Å². The molecule has 0 atom stereocenters. The maximum Gasteiger partial charge on any atom is 2.00 e. The summed E-state index contributed by atoms with van der Waals surface area (Å²) in [6.07, 6.45) is 0. The third-order valence-electron chi connectivity index (χ3n) is 8.54. The van der Waals surface area contributed by atoms with Crippen molar-refractivity contribution < 1.29 is 38.4 Å². The fourth-order valence-electron chi connectivity index (χ4n) is 6.40.